The lowest BCUT2D eigenvalue weighted by Crippen LogP contribution is -2.25. The van der Waals surface area contributed by atoms with Crippen molar-refractivity contribution in [2.24, 2.45) is 0 Å². The van der Waals surface area contributed by atoms with E-state index in [-0.39, 0.29) is 11.8 Å². The molecule has 0 aliphatic heterocycles. The molecule has 7 nitrogen and oxygen atoms in total. The average molecular weight is 288 g/mol. The van der Waals surface area contributed by atoms with Crippen LogP contribution in [0, 0.1) is 0 Å². The van der Waals surface area contributed by atoms with Gasteiger partial charge in [-0.2, -0.15) is 5.10 Å². The summed E-state index contributed by atoms with van der Waals surface area (Å²) in [5.41, 5.74) is 7.11. The van der Waals surface area contributed by atoms with Crippen LogP contribution >= 0.6 is 0 Å². The fourth-order valence-corrected chi connectivity index (χ4v) is 1.91. The zero-order chi connectivity index (χ0) is 15.2. The van der Waals surface area contributed by atoms with Crippen molar-refractivity contribution in [3.05, 3.63) is 35.5 Å². The molecular formula is C14H20N6O. The highest BCUT2D eigenvalue weighted by atomic mass is 16.1. The molecule has 0 aliphatic rings. The van der Waals surface area contributed by atoms with Gasteiger partial charge < -0.3 is 11.1 Å². The van der Waals surface area contributed by atoms with E-state index in [4.69, 9.17) is 5.73 Å². The van der Waals surface area contributed by atoms with E-state index in [2.05, 4.69) is 25.5 Å². The normalized spacial score (nSPS) is 10.8. The van der Waals surface area contributed by atoms with E-state index >= 15 is 0 Å². The number of carbonyl (C=O) groups is 1. The van der Waals surface area contributed by atoms with Gasteiger partial charge in [0.15, 0.2) is 0 Å². The lowest BCUT2D eigenvalue weighted by molar-refractivity contribution is 0.0953. The molecule has 2 rings (SSSR count). The highest BCUT2D eigenvalue weighted by molar-refractivity contribution is 5.94. The molecule has 0 fully saturated rings. The van der Waals surface area contributed by atoms with Gasteiger partial charge in [0, 0.05) is 24.2 Å². The minimum atomic E-state index is -0.136. The Balaban J connectivity index is 1.88. The number of amides is 1. The lowest BCUT2D eigenvalue weighted by Gasteiger charge is -2.09. The van der Waals surface area contributed by atoms with E-state index in [0.29, 0.717) is 17.9 Å². The summed E-state index contributed by atoms with van der Waals surface area (Å²) >= 11 is 0. The summed E-state index contributed by atoms with van der Waals surface area (Å²) in [5, 5.41) is 9.43. The number of hydrogen-bond donors (Lipinski definition) is 3. The average Bonchev–Trinajstić information content (AvgIpc) is 2.95. The highest BCUT2D eigenvalue weighted by Crippen LogP contribution is 2.15. The number of H-pyrrole nitrogens is 1. The van der Waals surface area contributed by atoms with Gasteiger partial charge in [-0.3, -0.25) is 9.89 Å². The molecule has 7 heteroatoms. The van der Waals surface area contributed by atoms with Crippen molar-refractivity contribution < 1.29 is 4.79 Å². The number of pyridine rings is 1. The number of carbonyl (C=O) groups excluding carboxylic acids is 1. The number of rotatable bonds is 6. The summed E-state index contributed by atoms with van der Waals surface area (Å²) in [7, 11) is 0. The van der Waals surface area contributed by atoms with Crippen molar-refractivity contribution in [1.29, 1.82) is 0 Å². The van der Waals surface area contributed by atoms with E-state index in [1.807, 2.05) is 13.8 Å². The Morgan fingerprint density at radius 1 is 1.43 bits per heavy atom. The molecular weight excluding hydrogens is 268 g/mol. The van der Waals surface area contributed by atoms with Crippen LogP contribution < -0.4 is 11.1 Å². The maximum absolute atomic E-state index is 12.1. The van der Waals surface area contributed by atoms with Gasteiger partial charge in [0.2, 0.25) is 0 Å². The van der Waals surface area contributed by atoms with E-state index in [1.165, 1.54) is 6.33 Å². The predicted molar refractivity (Wildman–Crippen MR) is 79.8 cm³/mol. The van der Waals surface area contributed by atoms with Crippen LogP contribution in [0.25, 0.3) is 0 Å². The van der Waals surface area contributed by atoms with Crippen molar-refractivity contribution in [2.75, 3.05) is 12.3 Å². The fraction of sp³-hybridized carbons (Fsp3) is 0.429. The Morgan fingerprint density at radius 3 is 2.90 bits per heavy atom. The van der Waals surface area contributed by atoms with E-state index in [9.17, 15) is 4.79 Å². The highest BCUT2D eigenvalue weighted by Gasteiger charge is 2.10. The number of aryl methyl sites for hydroxylation is 1. The number of aromatic amines is 1. The number of anilines is 1. The first kappa shape index (κ1) is 15.0. The molecule has 0 saturated carbocycles. The zero-order valence-electron chi connectivity index (χ0n) is 12.3. The Kier molecular flexibility index (Phi) is 4.86. The van der Waals surface area contributed by atoms with Gasteiger partial charge in [0.05, 0.1) is 0 Å². The minimum Gasteiger partial charge on any atom is -0.384 e. The number of nitrogen functional groups attached to an aromatic ring is 1. The number of hydrogen-bond acceptors (Lipinski definition) is 5. The molecule has 0 saturated heterocycles. The van der Waals surface area contributed by atoms with Gasteiger partial charge in [-0.15, -0.1) is 0 Å². The molecule has 0 aliphatic carbocycles. The van der Waals surface area contributed by atoms with Crippen LogP contribution in [0.1, 0.15) is 48.1 Å². The summed E-state index contributed by atoms with van der Waals surface area (Å²) in [4.78, 5) is 20.4. The van der Waals surface area contributed by atoms with Crippen LogP contribution in [0.5, 0.6) is 0 Å². The second-order valence-electron chi connectivity index (χ2n) is 5.15. The van der Waals surface area contributed by atoms with Crippen molar-refractivity contribution in [3.8, 4) is 0 Å². The topological polar surface area (TPSA) is 110 Å². The first-order chi connectivity index (χ1) is 10.1. The minimum absolute atomic E-state index is 0.136. The van der Waals surface area contributed by atoms with Crippen molar-refractivity contribution >= 4 is 11.7 Å². The van der Waals surface area contributed by atoms with Gasteiger partial charge in [0.25, 0.3) is 5.91 Å². The van der Waals surface area contributed by atoms with Crippen LogP contribution in [0.15, 0.2) is 18.5 Å². The quantitative estimate of drug-likeness (QED) is 0.693. The predicted octanol–water partition coefficient (Wildman–Crippen LogP) is 1.27. The number of aromatic nitrogens is 4. The molecule has 0 bridgehead atoms. The Labute approximate surface area is 123 Å². The van der Waals surface area contributed by atoms with E-state index in [1.54, 1.807) is 12.1 Å². The molecule has 4 N–H and O–H groups in total. The Bertz CT molecular complexity index is 594. The van der Waals surface area contributed by atoms with E-state index < -0.39 is 0 Å². The first-order valence-corrected chi connectivity index (χ1v) is 6.96. The molecule has 2 aromatic rings. The maximum Gasteiger partial charge on any atom is 0.251 e. The van der Waals surface area contributed by atoms with Crippen LogP contribution in [0.2, 0.25) is 0 Å². The smallest absolute Gasteiger partial charge is 0.251 e. The second kappa shape index (κ2) is 6.83. The van der Waals surface area contributed by atoms with Crippen LogP contribution in [-0.2, 0) is 6.42 Å². The summed E-state index contributed by atoms with van der Waals surface area (Å²) in [5.74, 6) is 1.28. The summed E-state index contributed by atoms with van der Waals surface area (Å²) in [6.45, 7) is 4.60. The van der Waals surface area contributed by atoms with Crippen molar-refractivity contribution in [1.82, 2.24) is 25.5 Å². The second-order valence-corrected chi connectivity index (χ2v) is 5.15. The Morgan fingerprint density at radius 2 is 2.24 bits per heavy atom. The number of nitrogens with one attached hydrogen (secondary N) is 2. The SMILES string of the molecule is CC(C)c1cc(C(=O)NCCCc2ncn[nH]2)cc(N)n1. The number of nitrogens with zero attached hydrogens (tertiary/aromatic N) is 3. The van der Waals surface area contributed by atoms with Crippen LogP contribution in [0.3, 0.4) is 0 Å². The molecule has 2 heterocycles. The van der Waals surface area contributed by atoms with Crippen LogP contribution in [-0.4, -0.2) is 32.6 Å². The third kappa shape index (κ3) is 4.27. The van der Waals surface area contributed by atoms with Gasteiger partial charge in [0.1, 0.15) is 18.0 Å². The Hall–Kier alpha value is -2.44. The fourth-order valence-electron chi connectivity index (χ4n) is 1.91. The van der Waals surface area contributed by atoms with Crippen molar-refractivity contribution in [2.45, 2.75) is 32.6 Å². The summed E-state index contributed by atoms with van der Waals surface area (Å²) < 4.78 is 0. The van der Waals surface area contributed by atoms with Gasteiger partial charge in [-0.1, -0.05) is 13.8 Å². The zero-order valence-corrected chi connectivity index (χ0v) is 12.3. The van der Waals surface area contributed by atoms with Gasteiger partial charge >= 0.3 is 0 Å². The third-order valence-electron chi connectivity index (χ3n) is 3.06. The molecule has 2 aromatic heterocycles. The molecule has 0 atom stereocenters. The summed E-state index contributed by atoms with van der Waals surface area (Å²) in [6.07, 6.45) is 3.01. The molecule has 112 valence electrons. The molecule has 1 amide bonds. The molecule has 0 unspecified atom stereocenters. The number of nitrogens with two attached hydrogens (primary N) is 1. The largest absolute Gasteiger partial charge is 0.384 e. The van der Waals surface area contributed by atoms with Crippen LogP contribution in [0.4, 0.5) is 5.82 Å². The lowest BCUT2D eigenvalue weighted by atomic mass is 10.1. The van der Waals surface area contributed by atoms with Gasteiger partial charge in [-0.25, -0.2) is 9.97 Å². The van der Waals surface area contributed by atoms with E-state index in [0.717, 1.165) is 24.4 Å². The monoisotopic (exact) mass is 288 g/mol. The molecule has 21 heavy (non-hydrogen) atoms. The first-order valence-electron chi connectivity index (χ1n) is 6.96. The molecule has 0 spiro atoms. The maximum atomic E-state index is 12.1. The molecule has 0 aromatic carbocycles. The molecule has 0 radical (unpaired) electrons. The third-order valence-corrected chi connectivity index (χ3v) is 3.06. The standard InChI is InChI=1S/C14H20N6O/c1-9(2)11-6-10(7-12(15)19-11)14(21)16-5-3-4-13-17-8-18-20-13/h6-9H,3-5H2,1-2H3,(H2,15,19)(H,16,21)(H,17,18,20). The van der Waals surface area contributed by atoms with Gasteiger partial charge in [-0.05, 0) is 24.5 Å². The van der Waals surface area contributed by atoms with Crippen molar-refractivity contribution in [3.63, 3.8) is 0 Å². The summed E-state index contributed by atoms with van der Waals surface area (Å²) in [6, 6.07) is 3.38.